The lowest BCUT2D eigenvalue weighted by molar-refractivity contribution is 0.502. The summed E-state index contributed by atoms with van der Waals surface area (Å²) in [7, 11) is 0. The van der Waals surface area contributed by atoms with E-state index in [2.05, 4.69) is 12.0 Å². The van der Waals surface area contributed by atoms with Crippen molar-refractivity contribution in [3.63, 3.8) is 0 Å². The van der Waals surface area contributed by atoms with Crippen LogP contribution in [0.5, 0.6) is 5.75 Å². The van der Waals surface area contributed by atoms with Gasteiger partial charge in [0.15, 0.2) is 5.75 Å². The highest BCUT2D eigenvalue weighted by atomic mass is 19.1. The van der Waals surface area contributed by atoms with Crippen molar-refractivity contribution in [2.45, 2.75) is 6.92 Å². The molecule has 0 aliphatic carbocycles. The van der Waals surface area contributed by atoms with Gasteiger partial charge in [0.05, 0.1) is 11.5 Å². The minimum atomic E-state index is -0.563. The predicted octanol–water partition coefficient (Wildman–Crippen LogP) is 2.29. The van der Waals surface area contributed by atoms with Crippen LogP contribution in [0.25, 0.3) is 11.0 Å². The van der Waals surface area contributed by atoms with Crippen LogP contribution in [0.1, 0.15) is 6.92 Å². The van der Waals surface area contributed by atoms with E-state index in [9.17, 15) is 9.18 Å². The number of fused-ring (bicyclic) bond motifs is 1. The van der Waals surface area contributed by atoms with Crippen molar-refractivity contribution < 1.29 is 13.5 Å². The predicted molar refractivity (Wildman–Crippen MR) is 56.5 cm³/mol. The summed E-state index contributed by atoms with van der Waals surface area (Å²) in [6.07, 6.45) is 2.35. The quantitative estimate of drug-likeness (QED) is 0.544. The van der Waals surface area contributed by atoms with Gasteiger partial charge in [-0.15, -0.1) is 0 Å². The molecule has 2 aromatic rings. The topological polar surface area (TPSA) is 39.4 Å². The van der Waals surface area contributed by atoms with Gasteiger partial charge in [0.2, 0.25) is 0 Å². The third-order valence-corrected chi connectivity index (χ3v) is 1.93. The van der Waals surface area contributed by atoms with Crippen molar-refractivity contribution in [2.75, 3.05) is 0 Å². The Morgan fingerprint density at radius 2 is 2.19 bits per heavy atom. The lowest BCUT2D eigenvalue weighted by atomic mass is 10.2. The number of hydrogen-bond acceptors (Lipinski definition) is 3. The Labute approximate surface area is 90.5 Å². The van der Waals surface area contributed by atoms with Crippen LogP contribution >= 0.6 is 0 Å². The average Bonchev–Trinajstić information content (AvgIpc) is 2.26. The highest BCUT2D eigenvalue weighted by Crippen LogP contribution is 2.24. The molecule has 0 unspecified atom stereocenters. The van der Waals surface area contributed by atoms with Gasteiger partial charge >= 0.3 is 5.63 Å². The molecule has 0 N–H and O–H groups in total. The Morgan fingerprint density at radius 3 is 2.94 bits per heavy atom. The van der Waals surface area contributed by atoms with E-state index in [4.69, 9.17) is 9.15 Å². The third kappa shape index (κ3) is 1.89. The Kier molecular flexibility index (Phi) is 2.61. The fourth-order valence-corrected chi connectivity index (χ4v) is 1.30. The molecule has 0 aliphatic rings. The maximum Gasteiger partial charge on any atom is 0.340 e. The molecule has 3 nitrogen and oxygen atoms in total. The standard InChI is InChI=1S/C12H7FO3/c1-2-5-15-11-7-12(14)16-10-4-3-8(13)6-9(10)11/h3-4,6-7H,1H3. The van der Waals surface area contributed by atoms with Gasteiger partial charge in [-0.1, -0.05) is 5.92 Å². The second-order valence-corrected chi connectivity index (χ2v) is 3.02. The van der Waals surface area contributed by atoms with Crippen LogP contribution in [0.4, 0.5) is 4.39 Å². The molecule has 0 atom stereocenters. The molecule has 0 saturated carbocycles. The minimum Gasteiger partial charge on any atom is -0.422 e. The summed E-state index contributed by atoms with van der Waals surface area (Å²) < 4.78 is 22.9. The zero-order valence-corrected chi connectivity index (χ0v) is 8.41. The van der Waals surface area contributed by atoms with Crippen LogP contribution < -0.4 is 10.4 Å². The molecular formula is C12H7FO3. The Balaban J connectivity index is 2.72. The van der Waals surface area contributed by atoms with Crippen molar-refractivity contribution >= 4 is 11.0 Å². The van der Waals surface area contributed by atoms with Crippen LogP contribution in [-0.2, 0) is 0 Å². The molecule has 1 aromatic carbocycles. The molecule has 1 heterocycles. The average molecular weight is 218 g/mol. The maximum atomic E-state index is 13.0. The zero-order chi connectivity index (χ0) is 11.5. The molecule has 0 spiro atoms. The fourth-order valence-electron chi connectivity index (χ4n) is 1.30. The van der Waals surface area contributed by atoms with Crippen LogP contribution in [-0.4, -0.2) is 0 Å². The van der Waals surface area contributed by atoms with E-state index in [0.29, 0.717) is 5.39 Å². The summed E-state index contributed by atoms with van der Waals surface area (Å²) in [6, 6.07) is 4.94. The fraction of sp³-hybridized carbons (Fsp3) is 0.0833. The van der Waals surface area contributed by atoms with Gasteiger partial charge in [-0.3, -0.25) is 0 Å². The molecule has 0 aliphatic heterocycles. The van der Waals surface area contributed by atoms with E-state index in [1.54, 1.807) is 6.92 Å². The van der Waals surface area contributed by atoms with E-state index in [1.807, 2.05) is 0 Å². The molecule has 0 amide bonds. The smallest absolute Gasteiger partial charge is 0.340 e. The molecule has 80 valence electrons. The monoisotopic (exact) mass is 218 g/mol. The van der Waals surface area contributed by atoms with Crippen molar-refractivity contribution in [1.82, 2.24) is 0 Å². The van der Waals surface area contributed by atoms with E-state index in [1.165, 1.54) is 18.2 Å². The van der Waals surface area contributed by atoms with Crippen LogP contribution in [0.3, 0.4) is 0 Å². The molecule has 0 fully saturated rings. The molecular weight excluding hydrogens is 211 g/mol. The third-order valence-electron chi connectivity index (χ3n) is 1.93. The molecule has 2 rings (SSSR count). The Bertz CT molecular complexity index is 647. The van der Waals surface area contributed by atoms with Gasteiger partial charge in [0, 0.05) is 6.92 Å². The number of ether oxygens (including phenoxy) is 1. The van der Waals surface area contributed by atoms with E-state index < -0.39 is 11.4 Å². The molecule has 16 heavy (non-hydrogen) atoms. The SMILES string of the molecule is CC#COc1cc(=O)oc2ccc(F)cc12. The van der Waals surface area contributed by atoms with Gasteiger partial charge in [0.25, 0.3) is 0 Å². The molecule has 0 radical (unpaired) electrons. The second kappa shape index (κ2) is 4.07. The summed E-state index contributed by atoms with van der Waals surface area (Å²) in [5, 5.41) is 0.377. The summed E-state index contributed by atoms with van der Waals surface area (Å²) in [4.78, 5) is 11.2. The number of halogens is 1. The summed E-state index contributed by atoms with van der Waals surface area (Å²) in [6.45, 7) is 1.59. The largest absolute Gasteiger partial charge is 0.422 e. The number of rotatable bonds is 1. The van der Waals surface area contributed by atoms with Crippen molar-refractivity contribution in [3.8, 4) is 17.8 Å². The summed E-state index contributed by atoms with van der Waals surface area (Å²) in [5.41, 5.74) is -0.297. The molecule has 0 bridgehead atoms. The van der Waals surface area contributed by atoms with Crippen LogP contribution in [0, 0.1) is 17.8 Å². The zero-order valence-electron chi connectivity index (χ0n) is 8.41. The van der Waals surface area contributed by atoms with Gasteiger partial charge in [-0.05, 0) is 18.2 Å². The van der Waals surface area contributed by atoms with Crippen molar-refractivity contribution in [1.29, 1.82) is 0 Å². The van der Waals surface area contributed by atoms with Crippen molar-refractivity contribution in [2.24, 2.45) is 0 Å². The van der Waals surface area contributed by atoms with Gasteiger partial charge in [-0.2, -0.15) is 0 Å². The van der Waals surface area contributed by atoms with Gasteiger partial charge in [-0.25, -0.2) is 9.18 Å². The van der Waals surface area contributed by atoms with Crippen LogP contribution in [0.15, 0.2) is 33.5 Å². The first-order valence-corrected chi connectivity index (χ1v) is 4.52. The molecule has 1 aromatic heterocycles. The lowest BCUT2D eigenvalue weighted by Crippen LogP contribution is -1.98. The normalized spacial score (nSPS) is 9.62. The van der Waals surface area contributed by atoms with Gasteiger partial charge in [0.1, 0.15) is 17.5 Å². The molecule has 0 saturated heterocycles. The highest BCUT2D eigenvalue weighted by Gasteiger charge is 2.07. The van der Waals surface area contributed by atoms with Crippen LogP contribution in [0.2, 0.25) is 0 Å². The van der Waals surface area contributed by atoms with E-state index >= 15 is 0 Å². The molecule has 4 heteroatoms. The summed E-state index contributed by atoms with van der Waals surface area (Å²) >= 11 is 0. The highest BCUT2D eigenvalue weighted by molar-refractivity contribution is 5.83. The maximum absolute atomic E-state index is 13.0. The van der Waals surface area contributed by atoms with E-state index in [-0.39, 0.29) is 11.3 Å². The van der Waals surface area contributed by atoms with Gasteiger partial charge < -0.3 is 9.15 Å². The second-order valence-electron chi connectivity index (χ2n) is 3.02. The number of benzene rings is 1. The van der Waals surface area contributed by atoms with E-state index in [0.717, 1.165) is 6.07 Å². The van der Waals surface area contributed by atoms with Crippen molar-refractivity contribution in [3.05, 3.63) is 40.5 Å². The Morgan fingerprint density at radius 1 is 1.38 bits per heavy atom. The first-order chi connectivity index (χ1) is 7.70. The minimum absolute atomic E-state index is 0.195. The lowest BCUT2D eigenvalue weighted by Gasteiger charge is -2.01. The first-order valence-electron chi connectivity index (χ1n) is 4.52. The summed E-state index contributed by atoms with van der Waals surface area (Å²) in [5.74, 6) is 2.28. The Hall–Kier alpha value is -2.28. The number of hydrogen-bond donors (Lipinski definition) is 0. The first kappa shape index (κ1) is 10.2.